The minimum Gasteiger partial charge on any atom is -0.307 e. The van der Waals surface area contributed by atoms with E-state index in [1.165, 1.54) is 48.3 Å². The summed E-state index contributed by atoms with van der Waals surface area (Å²) in [4.78, 5) is 11.4. The summed E-state index contributed by atoms with van der Waals surface area (Å²) in [6.45, 7) is 0. The summed E-state index contributed by atoms with van der Waals surface area (Å²) in [6, 6.07) is 60.6. The Kier molecular flexibility index (Phi) is 6.09. The van der Waals surface area contributed by atoms with E-state index in [1.54, 1.807) is 11.3 Å². The van der Waals surface area contributed by atoms with Crippen molar-refractivity contribution in [1.29, 1.82) is 0 Å². The Balaban J connectivity index is 1.27. The first kappa shape index (κ1) is 28.3. The number of hydrogen-bond acceptors (Lipinski definition) is 3. The van der Waals surface area contributed by atoms with E-state index < -0.39 is 0 Å². The molecule has 4 heterocycles. The lowest BCUT2D eigenvalue weighted by molar-refractivity contribution is 1.15. The highest BCUT2D eigenvalue weighted by atomic mass is 32.1. The van der Waals surface area contributed by atoms with Gasteiger partial charge < -0.3 is 9.13 Å². The summed E-state index contributed by atoms with van der Waals surface area (Å²) >= 11 is 1.73. The summed E-state index contributed by atoms with van der Waals surface area (Å²) in [6.07, 6.45) is 0. The van der Waals surface area contributed by atoms with E-state index >= 15 is 0 Å². The summed E-state index contributed by atoms with van der Waals surface area (Å²) < 4.78 is 6.10. The molecule has 238 valence electrons. The molecule has 0 fully saturated rings. The van der Waals surface area contributed by atoms with Gasteiger partial charge in [-0.1, -0.05) is 127 Å². The second kappa shape index (κ2) is 11.0. The number of nitrogens with zero attached hydrogens (tertiary/aromatic N) is 4. The highest BCUT2D eigenvalue weighted by molar-refractivity contribution is 7.25. The lowest BCUT2D eigenvalue weighted by Gasteiger charge is -2.13. The molecule has 0 amide bonds. The maximum absolute atomic E-state index is 5.25. The summed E-state index contributed by atoms with van der Waals surface area (Å²) in [5, 5.41) is 7.19. The van der Waals surface area contributed by atoms with Crippen LogP contribution in [0.1, 0.15) is 0 Å². The molecule has 0 saturated carbocycles. The molecule has 5 heteroatoms. The fraction of sp³-hybridized carbons (Fsp3) is 0. The second-order valence-corrected chi connectivity index (χ2v) is 14.0. The molecule has 0 bridgehead atoms. The van der Waals surface area contributed by atoms with Crippen LogP contribution in [0.15, 0.2) is 170 Å². The quantitative estimate of drug-likeness (QED) is 0.187. The van der Waals surface area contributed by atoms with Crippen molar-refractivity contribution in [2.45, 2.75) is 0 Å². The molecule has 0 aliphatic heterocycles. The van der Waals surface area contributed by atoms with Crippen LogP contribution >= 0.6 is 11.3 Å². The molecule has 7 aromatic carbocycles. The van der Waals surface area contributed by atoms with Crippen molar-refractivity contribution < 1.29 is 0 Å². The Morgan fingerprint density at radius 2 is 0.961 bits per heavy atom. The standard InChI is InChI=1S/C46H28N4S/c1-4-14-29(15-5-1)42-41-37-28-32(24-27-40(37)51-46(41)48-45(47-42)30-16-6-2-7-17-30)50-39-23-13-11-21-34(39)36-26-25-35-33-20-10-12-22-38(33)49(43(35)44(36)50)31-18-8-3-9-19-31/h1-28H. The van der Waals surface area contributed by atoms with Gasteiger partial charge in [0.2, 0.25) is 0 Å². The fourth-order valence-electron chi connectivity index (χ4n) is 7.94. The summed E-state index contributed by atoms with van der Waals surface area (Å²) in [5.74, 6) is 0.743. The van der Waals surface area contributed by atoms with E-state index in [0.29, 0.717) is 0 Å². The van der Waals surface area contributed by atoms with Gasteiger partial charge in [0.1, 0.15) is 4.83 Å². The molecule has 0 N–H and O–H groups in total. The van der Waals surface area contributed by atoms with Crippen LogP contribution in [0.25, 0.3) is 97.9 Å². The van der Waals surface area contributed by atoms with Gasteiger partial charge in [-0.05, 0) is 42.5 Å². The minimum absolute atomic E-state index is 0.743. The predicted molar refractivity (Wildman–Crippen MR) is 214 cm³/mol. The van der Waals surface area contributed by atoms with Crippen LogP contribution in [0.3, 0.4) is 0 Å². The van der Waals surface area contributed by atoms with Crippen molar-refractivity contribution in [1.82, 2.24) is 19.1 Å². The summed E-state index contributed by atoms with van der Waals surface area (Å²) in [5.41, 5.74) is 10.1. The van der Waals surface area contributed by atoms with Gasteiger partial charge in [0, 0.05) is 59.5 Å². The Morgan fingerprint density at radius 3 is 1.61 bits per heavy atom. The predicted octanol–water partition coefficient (Wildman–Crippen LogP) is 12.4. The Bertz CT molecular complexity index is 3120. The van der Waals surface area contributed by atoms with Gasteiger partial charge in [0.15, 0.2) is 5.82 Å². The molecule has 0 saturated heterocycles. The molecule has 0 spiro atoms. The zero-order valence-electron chi connectivity index (χ0n) is 27.4. The highest BCUT2D eigenvalue weighted by Gasteiger charge is 2.22. The third-order valence-electron chi connectivity index (χ3n) is 10.1. The van der Waals surface area contributed by atoms with E-state index in [4.69, 9.17) is 9.97 Å². The van der Waals surface area contributed by atoms with Gasteiger partial charge in [0.25, 0.3) is 0 Å². The van der Waals surface area contributed by atoms with Crippen molar-refractivity contribution in [3.63, 3.8) is 0 Å². The highest BCUT2D eigenvalue weighted by Crippen LogP contribution is 2.44. The van der Waals surface area contributed by atoms with Crippen molar-refractivity contribution >= 4 is 75.3 Å². The summed E-state index contributed by atoms with van der Waals surface area (Å²) in [7, 11) is 0. The molecule has 0 atom stereocenters. The normalized spacial score (nSPS) is 11.9. The van der Waals surface area contributed by atoms with E-state index in [0.717, 1.165) is 49.6 Å². The number of thiophene rings is 1. The van der Waals surface area contributed by atoms with Gasteiger partial charge in [-0.25, -0.2) is 9.97 Å². The van der Waals surface area contributed by atoms with Gasteiger partial charge in [0.05, 0.1) is 27.8 Å². The molecular formula is C46H28N4S. The number of rotatable bonds is 4. The zero-order valence-corrected chi connectivity index (χ0v) is 28.2. The number of fused-ring (bicyclic) bond motifs is 10. The number of para-hydroxylation sites is 3. The Morgan fingerprint density at radius 1 is 0.412 bits per heavy atom. The molecule has 0 aliphatic carbocycles. The van der Waals surface area contributed by atoms with Crippen LogP contribution in [0.4, 0.5) is 0 Å². The van der Waals surface area contributed by atoms with E-state index in [9.17, 15) is 0 Å². The van der Waals surface area contributed by atoms with Crippen molar-refractivity contribution in [2.24, 2.45) is 0 Å². The van der Waals surface area contributed by atoms with Gasteiger partial charge in [-0.2, -0.15) is 0 Å². The Labute approximate surface area is 297 Å². The molecule has 11 rings (SSSR count). The molecular weight excluding hydrogens is 641 g/mol. The molecule has 4 nitrogen and oxygen atoms in total. The number of benzene rings is 7. The van der Waals surface area contributed by atoms with Crippen molar-refractivity contribution in [2.75, 3.05) is 0 Å². The third kappa shape index (κ3) is 4.19. The zero-order chi connectivity index (χ0) is 33.5. The van der Waals surface area contributed by atoms with E-state index in [2.05, 4.69) is 161 Å². The van der Waals surface area contributed by atoms with Crippen LogP contribution < -0.4 is 0 Å². The van der Waals surface area contributed by atoms with Crippen LogP contribution in [0.2, 0.25) is 0 Å². The van der Waals surface area contributed by atoms with Crippen LogP contribution in [0, 0.1) is 0 Å². The molecule has 0 unspecified atom stereocenters. The second-order valence-electron chi connectivity index (χ2n) is 13.0. The average molecular weight is 669 g/mol. The largest absolute Gasteiger partial charge is 0.307 e. The van der Waals surface area contributed by atoms with Crippen LogP contribution in [0.5, 0.6) is 0 Å². The van der Waals surface area contributed by atoms with Gasteiger partial charge in [-0.3, -0.25) is 0 Å². The molecule has 4 aromatic heterocycles. The number of hydrogen-bond donors (Lipinski definition) is 0. The molecule has 11 aromatic rings. The smallest absolute Gasteiger partial charge is 0.161 e. The molecule has 0 radical (unpaired) electrons. The van der Waals surface area contributed by atoms with E-state index in [1.807, 2.05) is 18.2 Å². The first-order valence-electron chi connectivity index (χ1n) is 17.2. The first-order chi connectivity index (χ1) is 25.3. The fourth-order valence-corrected chi connectivity index (χ4v) is 8.99. The van der Waals surface area contributed by atoms with Crippen LogP contribution in [-0.2, 0) is 0 Å². The maximum Gasteiger partial charge on any atom is 0.161 e. The Hall–Kier alpha value is -6.56. The maximum atomic E-state index is 5.25. The average Bonchev–Trinajstić information content (AvgIpc) is 3.86. The van der Waals surface area contributed by atoms with Gasteiger partial charge in [-0.15, -0.1) is 11.3 Å². The first-order valence-corrected chi connectivity index (χ1v) is 18.0. The SMILES string of the molecule is c1ccc(-c2nc(-c3ccccc3)c3c(n2)sc2ccc(-n4c5ccccc5c5ccc6c7ccccc7n(-c7ccccc7)c6c54)cc23)cc1. The minimum atomic E-state index is 0.743. The van der Waals surface area contributed by atoms with Crippen molar-refractivity contribution in [3.05, 3.63) is 170 Å². The number of aromatic nitrogens is 4. The van der Waals surface area contributed by atoms with E-state index in [-0.39, 0.29) is 0 Å². The lowest BCUT2D eigenvalue weighted by atomic mass is 10.1. The lowest BCUT2D eigenvalue weighted by Crippen LogP contribution is -1.98. The third-order valence-corrected chi connectivity index (χ3v) is 11.2. The van der Waals surface area contributed by atoms with Crippen molar-refractivity contribution in [3.8, 4) is 34.0 Å². The van der Waals surface area contributed by atoms with Crippen LogP contribution in [-0.4, -0.2) is 19.1 Å². The topological polar surface area (TPSA) is 35.6 Å². The van der Waals surface area contributed by atoms with Gasteiger partial charge >= 0.3 is 0 Å². The molecule has 0 aliphatic rings. The molecule has 51 heavy (non-hydrogen) atoms. The monoisotopic (exact) mass is 668 g/mol.